The van der Waals surface area contributed by atoms with Gasteiger partial charge in [0.15, 0.2) is 0 Å². The van der Waals surface area contributed by atoms with E-state index in [4.69, 9.17) is 9.84 Å². The molecule has 2 aromatic carbocycles. The Kier molecular flexibility index (Phi) is 5.50. The molecule has 2 rings (SSSR count). The van der Waals surface area contributed by atoms with Crippen LogP contribution in [-0.2, 0) is 14.9 Å². The molecule has 0 aromatic heterocycles. The van der Waals surface area contributed by atoms with Crippen LogP contribution in [-0.4, -0.2) is 24.8 Å². The lowest BCUT2D eigenvalue weighted by atomic mass is 9.72. The van der Waals surface area contributed by atoms with Gasteiger partial charge in [0.2, 0.25) is 0 Å². The zero-order valence-electron chi connectivity index (χ0n) is 12.6. The molecule has 22 heavy (non-hydrogen) atoms. The summed E-state index contributed by atoms with van der Waals surface area (Å²) in [5.74, 6) is -0.313. The van der Waals surface area contributed by atoms with Gasteiger partial charge in [-0.15, -0.1) is 0 Å². The largest absolute Gasteiger partial charge is 0.468 e. The first-order valence-electron chi connectivity index (χ1n) is 7.21. The van der Waals surface area contributed by atoms with Crippen LogP contribution in [0.3, 0.4) is 0 Å². The van der Waals surface area contributed by atoms with Crippen molar-refractivity contribution in [2.75, 3.05) is 13.7 Å². The SMILES string of the molecule is COC(=O)C(C/C=C\CO)(c1ccccc1)c1ccccc1. The number of hydrogen-bond acceptors (Lipinski definition) is 3. The molecule has 0 saturated heterocycles. The minimum atomic E-state index is -0.914. The molecule has 0 saturated carbocycles. The molecule has 0 aliphatic carbocycles. The number of allylic oxidation sites excluding steroid dienone is 1. The van der Waals surface area contributed by atoms with Crippen LogP contribution in [0.15, 0.2) is 72.8 Å². The Morgan fingerprint density at radius 3 is 1.91 bits per heavy atom. The Morgan fingerprint density at radius 1 is 1.00 bits per heavy atom. The average molecular weight is 296 g/mol. The number of carbonyl (C=O) groups excluding carboxylic acids is 1. The smallest absolute Gasteiger partial charge is 0.321 e. The molecule has 0 aliphatic rings. The molecule has 0 spiro atoms. The summed E-state index contributed by atoms with van der Waals surface area (Å²) in [6.45, 7) is -0.0547. The Bertz CT molecular complexity index is 578. The Labute approximate surface area is 130 Å². The topological polar surface area (TPSA) is 46.5 Å². The van der Waals surface area contributed by atoms with E-state index in [9.17, 15) is 4.79 Å². The van der Waals surface area contributed by atoms with Gasteiger partial charge in [-0.3, -0.25) is 4.79 Å². The van der Waals surface area contributed by atoms with Crippen molar-refractivity contribution in [3.63, 3.8) is 0 Å². The van der Waals surface area contributed by atoms with E-state index in [2.05, 4.69) is 0 Å². The lowest BCUT2D eigenvalue weighted by Gasteiger charge is -2.31. The predicted octanol–water partition coefficient (Wildman–Crippen LogP) is 3.08. The monoisotopic (exact) mass is 296 g/mol. The molecular formula is C19H20O3. The number of benzene rings is 2. The summed E-state index contributed by atoms with van der Waals surface area (Å²) in [6.07, 6.45) is 3.88. The summed E-state index contributed by atoms with van der Waals surface area (Å²) in [6, 6.07) is 19.2. The van der Waals surface area contributed by atoms with E-state index in [0.29, 0.717) is 6.42 Å². The molecule has 0 heterocycles. The molecule has 114 valence electrons. The van der Waals surface area contributed by atoms with Gasteiger partial charge in [-0.2, -0.15) is 0 Å². The Morgan fingerprint density at radius 2 is 1.50 bits per heavy atom. The molecule has 0 bridgehead atoms. The maximum atomic E-state index is 12.7. The van der Waals surface area contributed by atoms with Crippen LogP contribution in [0.2, 0.25) is 0 Å². The van der Waals surface area contributed by atoms with E-state index < -0.39 is 5.41 Å². The first-order valence-corrected chi connectivity index (χ1v) is 7.21. The highest BCUT2D eigenvalue weighted by atomic mass is 16.5. The van der Waals surface area contributed by atoms with Crippen molar-refractivity contribution >= 4 is 5.97 Å². The fourth-order valence-electron chi connectivity index (χ4n) is 2.68. The van der Waals surface area contributed by atoms with Crippen LogP contribution < -0.4 is 0 Å². The van der Waals surface area contributed by atoms with Crippen LogP contribution in [0.5, 0.6) is 0 Å². The van der Waals surface area contributed by atoms with Crippen LogP contribution in [0.25, 0.3) is 0 Å². The third-order valence-corrected chi connectivity index (χ3v) is 3.76. The van der Waals surface area contributed by atoms with Gasteiger partial charge in [-0.1, -0.05) is 72.8 Å². The summed E-state index contributed by atoms with van der Waals surface area (Å²) in [5, 5.41) is 9.00. The number of aliphatic hydroxyl groups excluding tert-OH is 1. The van der Waals surface area contributed by atoms with Crippen LogP contribution in [0, 0.1) is 0 Å². The third-order valence-electron chi connectivity index (χ3n) is 3.76. The van der Waals surface area contributed by atoms with Crippen LogP contribution >= 0.6 is 0 Å². The summed E-state index contributed by atoms with van der Waals surface area (Å²) < 4.78 is 5.12. The first kappa shape index (κ1) is 16.0. The maximum absolute atomic E-state index is 12.7. The number of methoxy groups -OCH3 is 1. The van der Waals surface area contributed by atoms with E-state index in [1.54, 1.807) is 6.08 Å². The summed E-state index contributed by atoms with van der Waals surface area (Å²) in [5.41, 5.74) is 0.828. The molecule has 0 unspecified atom stereocenters. The predicted molar refractivity (Wildman–Crippen MR) is 86.5 cm³/mol. The second kappa shape index (κ2) is 7.57. The molecule has 0 atom stereocenters. The third kappa shape index (κ3) is 3.10. The Hall–Kier alpha value is -2.39. The fraction of sp³-hybridized carbons (Fsp3) is 0.211. The van der Waals surface area contributed by atoms with Crippen molar-refractivity contribution in [2.45, 2.75) is 11.8 Å². The minimum absolute atomic E-state index is 0.0547. The summed E-state index contributed by atoms with van der Waals surface area (Å²) >= 11 is 0. The number of aliphatic hydroxyl groups is 1. The zero-order chi connectivity index (χ0) is 15.8. The van der Waals surface area contributed by atoms with Gasteiger partial charge in [0.05, 0.1) is 13.7 Å². The van der Waals surface area contributed by atoms with Gasteiger partial charge in [-0.25, -0.2) is 0 Å². The standard InChI is InChI=1S/C19H20O3/c1-22-18(21)19(14-8-9-15-20,16-10-4-2-5-11-16)17-12-6-3-7-13-17/h2-13,20H,14-15H2,1H3/b9-8-. The minimum Gasteiger partial charge on any atom is -0.468 e. The van der Waals surface area contributed by atoms with Crippen molar-refractivity contribution in [2.24, 2.45) is 0 Å². The van der Waals surface area contributed by atoms with Gasteiger partial charge in [0.1, 0.15) is 5.41 Å². The normalized spacial score (nSPS) is 11.5. The molecule has 0 radical (unpaired) electrons. The molecule has 0 amide bonds. The zero-order valence-corrected chi connectivity index (χ0v) is 12.6. The van der Waals surface area contributed by atoms with Crippen molar-refractivity contribution < 1.29 is 14.6 Å². The van der Waals surface area contributed by atoms with Gasteiger partial charge >= 0.3 is 5.97 Å². The van der Waals surface area contributed by atoms with E-state index >= 15 is 0 Å². The lowest BCUT2D eigenvalue weighted by molar-refractivity contribution is -0.145. The highest BCUT2D eigenvalue weighted by molar-refractivity contribution is 5.88. The second-order valence-corrected chi connectivity index (χ2v) is 4.99. The lowest BCUT2D eigenvalue weighted by Crippen LogP contribution is -2.38. The van der Waals surface area contributed by atoms with Crippen molar-refractivity contribution in [3.8, 4) is 0 Å². The fourth-order valence-corrected chi connectivity index (χ4v) is 2.68. The summed E-state index contributed by atoms with van der Waals surface area (Å²) in [4.78, 5) is 12.7. The number of ether oxygens (including phenoxy) is 1. The van der Waals surface area contributed by atoms with E-state index in [1.165, 1.54) is 7.11 Å². The van der Waals surface area contributed by atoms with Crippen molar-refractivity contribution in [1.29, 1.82) is 0 Å². The molecule has 0 fully saturated rings. The van der Waals surface area contributed by atoms with Crippen LogP contribution in [0.4, 0.5) is 0 Å². The van der Waals surface area contributed by atoms with Gasteiger partial charge in [-0.05, 0) is 17.5 Å². The van der Waals surface area contributed by atoms with Gasteiger partial charge in [0, 0.05) is 0 Å². The molecule has 1 N–H and O–H groups in total. The molecule has 3 heteroatoms. The maximum Gasteiger partial charge on any atom is 0.321 e. The summed E-state index contributed by atoms with van der Waals surface area (Å²) in [7, 11) is 1.40. The average Bonchev–Trinajstić information content (AvgIpc) is 2.60. The molecule has 3 nitrogen and oxygen atoms in total. The van der Waals surface area contributed by atoms with Gasteiger partial charge in [0.25, 0.3) is 0 Å². The Balaban J connectivity index is 2.63. The van der Waals surface area contributed by atoms with Gasteiger partial charge < -0.3 is 9.84 Å². The van der Waals surface area contributed by atoms with Crippen molar-refractivity contribution in [1.82, 2.24) is 0 Å². The highest BCUT2D eigenvalue weighted by Crippen LogP contribution is 2.37. The number of hydrogen-bond donors (Lipinski definition) is 1. The first-order chi connectivity index (χ1) is 10.8. The molecular weight excluding hydrogens is 276 g/mol. The number of carbonyl (C=O) groups is 1. The highest BCUT2D eigenvalue weighted by Gasteiger charge is 2.42. The quantitative estimate of drug-likeness (QED) is 0.658. The molecule has 0 aliphatic heterocycles. The van der Waals surface area contributed by atoms with E-state index in [1.807, 2.05) is 66.7 Å². The van der Waals surface area contributed by atoms with Crippen LogP contribution in [0.1, 0.15) is 17.5 Å². The van der Waals surface area contributed by atoms with E-state index in [0.717, 1.165) is 11.1 Å². The van der Waals surface area contributed by atoms with E-state index in [-0.39, 0.29) is 12.6 Å². The molecule has 2 aromatic rings. The number of rotatable bonds is 6. The number of esters is 1. The second-order valence-electron chi connectivity index (χ2n) is 4.99. The van der Waals surface area contributed by atoms with Crippen molar-refractivity contribution in [3.05, 3.63) is 83.9 Å².